The summed E-state index contributed by atoms with van der Waals surface area (Å²) >= 11 is 5.33. The van der Waals surface area contributed by atoms with Crippen LogP contribution in [0.1, 0.15) is 19.4 Å². The van der Waals surface area contributed by atoms with E-state index < -0.39 is 0 Å². The number of aromatic nitrogens is 2. The molecule has 0 aliphatic carbocycles. The van der Waals surface area contributed by atoms with Crippen LogP contribution in [0.5, 0.6) is 0 Å². The Kier molecular flexibility index (Phi) is 4.37. The number of hydrogen-bond donors (Lipinski definition) is 1. The van der Waals surface area contributed by atoms with Gasteiger partial charge in [-0.2, -0.15) is 0 Å². The molecule has 0 amide bonds. The van der Waals surface area contributed by atoms with Gasteiger partial charge in [-0.15, -0.1) is 0 Å². The highest BCUT2D eigenvalue weighted by Gasteiger charge is 2.09. The van der Waals surface area contributed by atoms with E-state index in [4.69, 9.17) is 12.2 Å². The highest BCUT2D eigenvalue weighted by molar-refractivity contribution is 7.71. The molecule has 1 aromatic carbocycles. The van der Waals surface area contributed by atoms with Gasteiger partial charge in [-0.05, 0) is 49.9 Å². The maximum Gasteiger partial charge on any atom is 0.178 e. The third kappa shape index (κ3) is 2.87. The fourth-order valence-electron chi connectivity index (χ4n) is 2.29. The van der Waals surface area contributed by atoms with Crippen molar-refractivity contribution in [3.63, 3.8) is 0 Å². The minimum Gasteiger partial charge on any atom is -0.330 e. The number of rotatable bonds is 5. The summed E-state index contributed by atoms with van der Waals surface area (Å²) < 4.78 is 16.3. The number of likely N-dealkylation sites (N-methyl/N-ethyl adjacent to an activating group) is 1. The summed E-state index contributed by atoms with van der Waals surface area (Å²) in [5.41, 5.74) is 2.40. The fraction of sp³-hybridized carbons (Fsp3) is 0.500. The maximum atomic E-state index is 13.5. The van der Waals surface area contributed by atoms with Gasteiger partial charge in [0.15, 0.2) is 4.77 Å². The van der Waals surface area contributed by atoms with E-state index in [0.29, 0.717) is 10.3 Å². The Hall–Kier alpha value is -1.20. The van der Waals surface area contributed by atoms with Crippen LogP contribution < -0.4 is 0 Å². The van der Waals surface area contributed by atoms with E-state index >= 15 is 0 Å². The molecular formula is C14H20FN3S. The maximum absolute atomic E-state index is 13.5. The van der Waals surface area contributed by atoms with Gasteiger partial charge in [0.05, 0.1) is 11.0 Å². The van der Waals surface area contributed by atoms with E-state index in [1.54, 1.807) is 6.92 Å². The fourth-order valence-corrected chi connectivity index (χ4v) is 2.58. The lowest BCUT2D eigenvalue weighted by Gasteiger charge is -2.18. The van der Waals surface area contributed by atoms with Gasteiger partial charge in [0.25, 0.3) is 0 Å². The second-order valence-corrected chi connectivity index (χ2v) is 5.11. The standard InChI is InChI=1S/C14H20FN3S/c1-4-17(5-2)6-7-18-13-8-10(3)11(15)9-12(13)16-14(18)19/h8-9H,4-7H2,1-3H3,(H,16,19). The molecule has 104 valence electrons. The molecule has 0 saturated carbocycles. The van der Waals surface area contributed by atoms with Crippen LogP contribution in [0.25, 0.3) is 11.0 Å². The first kappa shape index (κ1) is 14.2. The summed E-state index contributed by atoms with van der Waals surface area (Å²) in [6.45, 7) is 9.91. The zero-order valence-electron chi connectivity index (χ0n) is 11.7. The second kappa shape index (κ2) is 5.84. The molecule has 0 aliphatic heterocycles. The molecule has 5 heteroatoms. The van der Waals surface area contributed by atoms with Gasteiger partial charge in [-0.1, -0.05) is 13.8 Å². The number of nitrogens with zero attached hydrogens (tertiary/aromatic N) is 2. The Labute approximate surface area is 118 Å². The summed E-state index contributed by atoms with van der Waals surface area (Å²) in [7, 11) is 0. The molecule has 0 saturated heterocycles. The lowest BCUT2D eigenvalue weighted by atomic mass is 10.2. The van der Waals surface area contributed by atoms with Crippen LogP contribution in [0.3, 0.4) is 0 Å². The van der Waals surface area contributed by atoms with Crippen molar-refractivity contribution in [3.05, 3.63) is 28.3 Å². The summed E-state index contributed by atoms with van der Waals surface area (Å²) in [5.74, 6) is -0.195. The molecule has 0 atom stereocenters. The molecule has 1 N–H and O–H groups in total. The minimum atomic E-state index is -0.195. The number of halogens is 1. The highest BCUT2D eigenvalue weighted by Crippen LogP contribution is 2.18. The molecule has 2 aromatic rings. The predicted octanol–water partition coefficient (Wildman–Crippen LogP) is 3.49. The van der Waals surface area contributed by atoms with Crippen molar-refractivity contribution in [2.75, 3.05) is 19.6 Å². The third-order valence-electron chi connectivity index (χ3n) is 3.59. The van der Waals surface area contributed by atoms with Crippen molar-refractivity contribution in [1.82, 2.24) is 14.5 Å². The molecule has 2 rings (SSSR count). The molecule has 0 fully saturated rings. The number of aryl methyl sites for hydroxylation is 1. The average Bonchev–Trinajstić information content (AvgIpc) is 2.67. The number of nitrogens with one attached hydrogen (secondary N) is 1. The molecule has 0 aliphatic rings. The Morgan fingerprint density at radius 1 is 1.32 bits per heavy atom. The Balaban J connectivity index is 2.35. The largest absolute Gasteiger partial charge is 0.330 e. The number of H-pyrrole nitrogens is 1. The lowest BCUT2D eigenvalue weighted by molar-refractivity contribution is 0.291. The van der Waals surface area contributed by atoms with Gasteiger partial charge in [0.2, 0.25) is 0 Å². The van der Waals surface area contributed by atoms with Crippen molar-refractivity contribution in [3.8, 4) is 0 Å². The predicted molar refractivity (Wildman–Crippen MR) is 79.6 cm³/mol. The van der Waals surface area contributed by atoms with E-state index in [-0.39, 0.29) is 5.82 Å². The zero-order valence-corrected chi connectivity index (χ0v) is 12.5. The molecule has 0 spiro atoms. The first-order chi connectivity index (χ1) is 9.06. The van der Waals surface area contributed by atoms with Crippen LogP contribution in [0, 0.1) is 17.5 Å². The third-order valence-corrected chi connectivity index (χ3v) is 3.91. The summed E-state index contributed by atoms with van der Waals surface area (Å²) in [5, 5.41) is 0. The summed E-state index contributed by atoms with van der Waals surface area (Å²) in [6.07, 6.45) is 0. The van der Waals surface area contributed by atoms with Crippen LogP contribution in [0.15, 0.2) is 12.1 Å². The topological polar surface area (TPSA) is 24.0 Å². The van der Waals surface area contributed by atoms with Crippen molar-refractivity contribution >= 4 is 23.3 Å². The molecule has 0 radical (unpaired) electrons. The lowest BCUT2D eigenvalue weighted by Crippen LogP contribution is -2.27. The second-order valence-electron chi connectivity index (χ2n) is 4.73. The molecule has 0 unspecified atom stereocenters. The van der Waals surface area contributed by atoms with Crippen LogP contribution in [0.2, 0.25) is 0 Å². The van der Waals surface area contributed by atoms with Crippen molar-refractivity contribution in [1.29, 1.82) is 0 Å². The minimum absolute atomic E-state index is 0.195. The number of benzene rings is 1. The number of fused-ring (bicyclic) bond motifs is 1. The zero-order chi connectivity index (χ0) is 14.0. The van der Waals surface area contributed by atoms with E-state index in [1.807, 2.05) is 6.07 Å². The molecular weight excluding hydrogens is 261 g/mol. The quantitative estimate of drug-likeness (QED) is 0.848. The van der Waals surface area contributed by atoms with Crippen LogP contribution in [-0.2, 0) is 6.54 Å². The molecule has 0 bridgehead atoms. The molecule has 1 heterocycles. The van der Waals surface area contributed by atoms with Crippen LogP contribution in [0.4, 0.5) is 4.39 Å². The van der Waals surface area contributed by atoms with Crippen LogP contribution in [-0.4, -0.2) is 34.1 Å². The van der Waals surface area contributed by atoms with Gasteiger partial charge in [-0.25, -0.2) is 4.39 Å². The van der Waals surface area contributed by atoms with E-state index in [1.165, 1.54) is 6.07 Å². The number of hydrogen-bond acceptors (Lipinski definition) is 2. The smallest absolute Gasteiger partial charge is 0.178 e. The van der Waals surface area contributed by atoms with Crippen molar-refractivity contribution < 1.29 is 4.39 Å². The Bertz CT molecular complexity index is 625. The van der Waals surface area contributed by atoms with Gasteiger partial charge < -0.3 is 14.5 Å². The summed E-state index contributed by atoms with van der Waals surface area (Å²) in [4.78, 5) is 5.42. The van der Waals surface area contributed by atoms with E-state index in [2.05, 4.69) is 28.3 Å². The van der Waals surface area contributed by atoms with Gasteiger partial charge in [0, 0.05) is 13.1 Å². The van der Waals surface area contributed by atoms with E-state index in [9.17, 15) is 4.39 Å². The first-order valence-electron chi connectivity index (χ1n) is 6.67. The highest BCUT2D eigenvalue weighted by atomic mass is 32.1. The van der Waals surface area contributed by atoms with Crippen LogP contribution >= 0.6 is 12.2 Å². The van der Waals surface area contributed by atoms with Gasteiger partial charge in [0.1, 0.15) is 5.82 Å². The normalized spacial score (nSPS) is 11.6. The van der Waals surface area contributed by atoms with Crippen molar-refractivity contribution in [2.45, 2.75) is 27.3 Å². The van der Waals surface area contributed by atoms with Gasteiger partial charge >= 0.3 is 0 Å². The molecule has 19 heavy (non-hydrogen) atoms. The number of aromatic amines is 1. The van der Waals surface area contributed by atoms with E-state index in [0.717, 1.165) is 37.2 Å². The van der Waals surface area contributed by atoms with Crippen molar-refractivity contribution in [2.24, 2.45) is 0 Å². The summed E-state index contributed by atoms with van der Waals surface area (Å²) in [6, 6.07) is 3.38. The number of imidazole rings is 1. The van der Waals surface area contributed by atoms with Gasteiger partial charge in [-0.3, -0.25) is 0 Å². The molecule has 1 aromatic heterocycles. The molecule has 3 nitrogen and oxygen atoms in total. The Morgan fingerprint density at radius 2 is 2.00 bits per heavy atom. The SMILES string of the molecule is CCN(CC)CCn1c(=S)[nH]c2cc(F)c(C)cc21. The average molecular weight is 281 g/mol. The first-order valence-corrected chi connectivity index (χ1v) is 7.08. The monoisotopic (exact) mass is 281 g/mol. The Morgan fingerprint density at radius 3 is 2.63 bits per heavy atom.